The molecule has 1 unspecified atom stereocenters. The van der Waals surface area contributed by atoms with Crippen LogP contribution in [0.3, 0.4) is 0 Å². The number of aryl methyl sites for hydroxylation is 2. The predicted octanol–water partition coefficient (Wildman–Crippen LogP) is 5.32. The van der Waals surface area contributed by atoms with Crippen LogP contribution in [-0.2, 0) is 13.0 Å². The summed E-state index contributed by atoms with van der Waals surface area (Å²) in [4.78, 5) is 6.18. The van der Waals surface area contributed by atoms with Crippen LogP contribution < -0.4 is 0 Å². The molecule has 0 radical (unpaired) electrons. The maximum Gasteiger partial charge on any atom is 0.128 e. The van der Waals surface area contributed by atoms with Crippen molar-refractivity contribution in [1.82, 2.24) is 9.55 Å². The molecule has 21 heavy (non-hydrogen) atoms. The van der Waals surface area contributed by atoms with Gasteiger partial charge in [0.25, 0.3) is 0 Å². The summed E-state index contributed by atoms with van der Waals surface area (Å²) in [6.07, 6.45) is 1.07. The zero-order valence-corrected chi connectivity index (χ0v) is 14.1. The predicted molar refractivity (Wildman–Crippen MR) is 91.5 cm³/mol. The zero-order valence-electron chi connectivity index (χ0n) is 12.6. The third-order valence-corrected chi connectivity index (χ3v) is 5.03. The third kappa shape index (κ3) is 2.60. The van der Waals surface area contributed by atoms with Crippen molar-refractivity contribution in [2.45, 2.75) is 39.1 Å². The molecule has 0 aliphatic heterocycles. The van der Waals surface area contributed by atoms with Crippen LogP contribution in [0, 0.1) is 6.92 Å². The average molecular weight is 319 g/mol. The van der Waals surface area contributed by atoms with Gasteiger partial charge in [0.05, 0.1) is 23.0 Å². The van der Waals surface area contributed by atoms with Gasteiger partial charge in [0.1, 0.15) is 5.82 Å². The normalized spacial score (nSPS) is 13.0. The van der Waals surface area contributed by atoms with Gasteiger partial charge in [-0.05, 0) is 48.9 Å². The summed E-state index contributed by atoms with van der Waals surface area (Å²) >= 11 is 8.18. The Morgan fingerprint density at radius 1 is 1.33 bits per heavy atom. The number of benzene rings is 1. The average Bonchev–Trinajstić information content (AvgIpc) is 3.05. The van der Waals surface area contributed by atoms with Crippen molar-refractivity contribution in [2.75, 3.05) is 0 Å². The summed E-state index contributed by atoms with van der Waals surface area (Å²) in [5, 5.41) is 2.07. The van der Waals surface area contributed by atoms with Crippen LogP contribution in [0.1, 0.15) is 41.1 Å². The Hall–Kier alpha value is -1.32. The number of aromatic nitrogens is 2. The van der Waals surface area contributed by atoms with Crippen LogP contribution in [0.2, 0.25) is 0 Å². The second-order valence-corrected chi connectivity index (χ2v) is 6.99. The summed E-state index contributed by atoms with van der Waals surface area (Å²) in [6.45, 7) is 7.15. The molecule has 0 fully saturated rings. The molecule has 0 amide bonds. The van der Waals surface area contributed by atoms with Gasteiger partial charge in [0.2, 0.25) is 0 Å². The van der Waals surface area contributed by atoms with Crippen molar-refractivity contribution >= 4 is 34.0 Å². The molecule has 1 aromatic carbocycles. The van der Waals surface area contributed by atoms with E-state index in [0.717, 1.165) is 24.3 Å². The molecule has 2 aromatic heterocycles. The van der Waals surface area contributed by atoms with E-state index < -0.39 is 0 Å². The molecule has 4 heteroatoms. The fourth-order valence-corrected chi connectivity index (χ4v) is 3.87. The Bertz CT molecular complexity index is 770. The van der Waals surface area contributed by atoms with Crippen molar-refractivity contribution < 1.29 is 0 Å². The number of para-hydroxylation sites is 1. The lowest BCUT2D eigenvalue weighted by atomic mass is 10.2. The highest BCUT2D eigenvalue weighted by atomic mass is 35.5. The van der Waals surface area contributed by atoms with Gasteiger partial charge in [0, 0.05) is 4.88 Å². The van der Waals surface area contributed by atoms with E-state index >= 15 is 0 Å². The summed E-state index contributed by atoms with van der Waals surface area (Å²) in [7, 11) is 0. The fraction of sp³-hybridized carbons (Fsp3) is 0.353. The number of hydrogen-bond donors (Lipinski definition) is 0. The maximum absolute atomic E-state index is 6.37. The number of imidazole rings is 1. The molecule has 0 N–H and O–H groups in total. The number of thiophene rings is 1. The molecule has 0 bridgehead atoms. The number of alkyl halides is 1. The van der Waals surface area contributed by atoms with E-state index in [-0.39, 0.29) is 5.38 Å². The molecule has 3 aromatic rings. The van der Waals surface area contributed by atoms with Gasteiger partial charge >= 0.3 is 0 Å². The number of rotatable bonds is 4. The van der Waals surface area contributed by atoms with Crippen LogP contribution in [0.15, 0.2) is 29.6 Å². The lowest BCUT2D eigenvalue weighted by molar-refractivity contribution is 0.746. The minimum atomic E-state index is -0.0955. The molecule has 110 valence electrons. The smallest absolute Gasteiger partial charge is 0.128 e. The van der Waals surface area contributed by atoms with Crippen molar-refractivity contribution in [1.29, 1.82) is 0 Å². The molecular weight excluding hydrogens is 300 g/mol. The van der Waals surface area contributed by atoms with Crippen molar-refractivity contribution in [3.05, 3.63) is 51.5 Å². The molecular formula is C17H19ClN2S. The second kappa shape index (κ2) is 5.82. The van der Waals surface area contributed by atoms with Gasteiger partial charge < -0.3 is 4.57 Å². The van der Waals surface area contributed by atoms with Crippen molar-refractivity contribution in [2.24, 2.45) is 0 Å². The number of halogens is 1. The minimum absolute atomic E-state index is 0.0955. The van der Waals surface area contributed by atoms with Gasteiger partial charge in [-0.2, -0.15) is 0 Å². The van der Waals surface area contributed by atoms with E-state index in [1.165, 1.54) is 21.5 Å². The lowest BCUT2D eigenvalue weighted by Crippen LogP contribution is -2.06. The number of nitrogens with zero attached hydrogens (tertiary/aromatic N) is 2. The van der Waals surface area contributed by atoms with Crippen LogP contribution in [-0.4, -0.2) is 9.55 Å². The first-order chi connectivity index (χ1) is 10.1. The van der Waals surface area contributed by atoms with Crippen LogP contribution in [0.25, 0.3) is 11.0 Å². The van der Waals surface area contributed by atoms with Gasteiger partial charge in [0.15, 0.2) is 0 Å². The highest BCUT2D eigenvalue weighted by Gasteiger charge is 2.17. The molecule has 3 rings (SSSR count). The first-order valence-corrected chi connectivity index (χ1v) is 8.58. The van der Waals surface area contributed by atoms with Gasteiger partial charge in [-0.1, -0.05) is 19.1 Å². The monoisotopic (exact) mass is 318 g/mol. The van der Waals surface area contributed by atoms with Crippen molar-refractivity contribution in [3.8, 4) is 0 Å². The fourth-order valence-electron chi connectivity index (χ4n) is 2.74. The third-order valence-electron chi connectivity index (χ3n) is 3.89. The standard InChI is InChI=1S/C17H19ClN2S/c1-4-13-8-9-21-15(13)10-20-14-7-5-6-11(2)16(14)19-17(20)12(3)18/h5-9,12H,4,10H2,1-3H3. The van der Waals surface area contributed by atoms with E-state index in [2.05, 4.69) is 48.1 Å². The van der Waals surface area contributed by atoms with E-state index in [1.54, 1.807) is 0 Å². The zero-order chi connectivity index (χ0) is 15.0. The summed E-state index contributed by atoms with van der Waals surface area (Å²) in [5.41, 5.74) is 4.86. The molecule has 2 heterocycles. The molecule has 0 saturated carbocycles. The van der Waals surface area contributed by atoms with Crippen LogP contribution in [0.5, 0.6) is 0 Å². The largest absolute Gasteiger partial charge is 0.321 e. The Balaban J connectivity index is 2.16. The highest BCUT2D eigenvalue weighted by Crippen LogP contribution is 2.29. The topological polar surface area (TPSA) is 17.8 Å². The molecule has 0 spiro atoms. The number of hydrogen-bond acceptors (Lipinski definition) is 2. The van der Waals surface area contributed by atoms with Gasteiger partial charge in [-0.15, -0.1) is 22.9 Å². The van der Waals surface area contributed by atoms with Crippen LogP contribution in [0.4, 0.5) is 0 Å². The van der Waals surface area contributed by atoms with Gasteiger partial charge in [-0.3, -0.25) is 0 Å². The SMILES string of the molecule is CCc1ccsc1Cn1c(C(C)Cl)nc2c(C)cccc21. The Labute approximate surface area is 134 Å². The first kappa shape index (κ1) is 14.6. The van der Waals surface area contributed by atoms with Crippen molar-refractivity contribution in [3.63, 3.8) is 0 Å². The first-order valence-electron chi connectivity index (χ1n) is 7.26. The molecule has 2 nitrogen and oxygen atoms in total. The van der Waals surface area contributed by atoms with Gasteiger partial charge in [-0.25, -0.2) is 4.98 Å². The Morgan fingerprint density at radius 2 is 2.14 bits per heavy atom. The molecule has 0 aliphatic rings. The Morgan fingerprint density at radius 3 is 2.86 bits per heavy atom. The molecule has 1 atom stereocenters. The Kier molecular flexibility index (Phi) is 4.05. The van der Waals surface area contributed by atoms with E-state index in [9.17, 15) is 0 Å². The maximum atomic E-state index is 6.37. The summed E-state index contributed by atoms with van der Waals surface area (Å²) < 4.78 is 2.27. The lowest BCUT2D eigenvalue weighted by Gasteiger charge is -2.11. The second-order valence-electron chi connectivity index (χ2n) is 5.34. The number of fused-ring (bicyclic) bond motifs is 1. The summed E-state index contributed by atoms with van der Waals surface area (Å²) in [6, 6.07) is 8.55. The summed E-state index contributed by atoms with van der Waals surface area (Å²) in [5.74, 6) is 0.955. The van der Waals surface area contributed by atoms with E-state index in [4.69, 9.17) is 16.6 Å². The van der Waals surface area contributed by atoms with E-state index in [1.807, 2.05) is 18.3 Å². The highest BCUT2D eigenvalue weighted by molar-refractivity contribution is 7.10. The molecule has 0 aliphatic carbocycles. The van der Waals surface area contributed by atoms with E-state index in [0.29, 0.717) is 0 Å². The minimum Gasteiger partial charge on any atom is -0.321 e. The quantitative estimate of drug-likeness (QED) is 0.595. The molecule has 0 saturated heterocycles. The van der Waals surface area contributed by atoms with Crippen LogP contribution >= 0.6 is 22.9 Å².